The number of piperazine rings is 1. The largest absolute Gasteiger partial charge is 0.454 e. The van der Waals surface area contributed by atoms with Crippen molar-refractivity contribution in [2.45, 2.75) is 19.3 Å². The van der Waals surface area contributed by atoms with Gasteiger partial charge >= 0.3 is 0 Å². The van der Waals surface area contributed by atoms with Crippen molar-refractivity contribution in [3.8, 4) is 11.5 Å². The van der Waals surface area contributed by atoms with Crippen LogP contribution in [0.15, 0.2) is 42.5 Å². The Morgan fingerprint density at radius 2 is 1.85 bits per heavy atom. The highest BCUT2D eigenvalue weighted by molar-refractivity contribution is 7.13. The molecule has 2 aromatic carbocycles. The summed E-state index contributed by atoms with van der Waals surface area (Å²) in [6, 6.07) is 13.9. The van der Waals surface area contributed by atoms with Gasteiger partial charge in [0.25, 0.3) is 5.91 Å². The normalized spacial score (nSPS) is 22.4. The number of benzene rings is 2. The summed E-state index contributed by atoms with van der Waals surface area (Å²) in [6.45, 7) is 6.26. The molecule has 1 unspecified atom stereocenters. The summed E-state index contributed by atoms with van der Waals surface area (Å²) in [5.74, 6) is 3.65. The molecule has 2 fully saturated rings. The van der Waals surface area contributed by atoms with Crippen molar-refractivity contribution < 1.29 is 14.3 Å². The Balaban J connectivity index is 1.01. The van der Waals surface area contributed by atoms with Gasteiger partial charge in [0, 0.05) is 50.2 Å². The molecular formula is C26H30N4O3S. The molecule has 3 aromatic rings. The second kappa shape index (κ2) is 9.43. The molecule has 0 bridgehead atoms. The van der Waals surface area contributed by atoms with Crippen molar-refractivity contribution >= 4 is 33.3 Å². The van der Waals surface area contributed by atoms with Gasteiger partial charge in [-0.15, -0.1) is 0 Å². The molecule has 1 aromatic heterocycles. The van der Waals surface area contributed by atoms with Crippen LogP contribution < -0.4 is 19.7 Å². The minimum Gasteiger partial charge on any atom is -0.454 e. The van der Waals surface area contributed by atoms with Crippen LogP contribution in [-0.2, 0) is 0 Å². The Bertz CT molecular complexity index is 1170. The Labute approximate surface area is 203 Å². The van der Waals surface area contributed by atoms with Crippen LogP contribution in [0.3, 0.4) is 0 Å². The second-order valence-electron chi connectivity index (χ2n) is 9.52. The molecule has 1 aliphatic carbocycles. The molecule has 1 N–H and O–H groups in total. The summed E-state index contributed by atoms with van der Waals surface area (Å²) in [6.07, 6.45) is 3.69. The van der Waals surface area contributed by atoms with Gasteiger partial charge in [-0.2, -0.15) is 4.37 Å². The molecule has 2 aliphatic heterocycles. The van der Waals surface area contributed by atoms with Crippen LogP contribution in [0.2, 0.25) is 0 Å². The van der Waals surface area contributed by atoms with Gasteiger partial charge in [-0.3, -0.25) is 9.69 Å². The number of carbonyl (C=O) groups is 1. The van der Waals surface area contributed by atoms with Crippen LogP contribution >= 0.6 is 11.5 Å². The van der Waals surface area contributed by atoms with Gasteiger partial charge in [-0.25, -0.2) is 0 Å². The first-order valence-corrected chi connectivity index (χ1v) is 13.0. The molecule has 1 saturated heterocycles. The van der Waals surface area contributed by atoms with Crippen molar-refractivity contribution in [3.63, 3.8) is 0 Å². The number of hydrogen-bond donors (Lipinski definition) is 1. The lowest BCUT2D eigenvalue weighted by molar-refractivity contribution is 0.0939. The third-order valence-corrected chi connectivity index (χ3v) is 8.32. The number of anilines is 1. The topological polar surface area (TPSA) is 66.9 Å². The maximum Gasteiger partial charge on any atom is 0.251 e. The Morgan fingerprint density at radius 1 is 1.03 bits per heavy atom. The first kappa shape index (κ1) is 21.7. The molecule has 0 spiro atoms. The summed E-state index contributed by atoms with van der Waals surface area (Å²) in [4.78, 5) is 17.8. The van der Waals surface area contributed by atoms with E-state index in [4.69, 9.17) is 13.8 Å². The van der Waals surface area contributed by atoms with Crippen molar-refractivity contribution in [1.29, 1.82) is 0 Å². The maximum absolute atomic E-state index is 12.7. The molecule has 8 heteroatoms. The number of nitrogens with zero attached hydrogens (tertiary/aromatic N) is 3. The van der Waals surface area contributed by atoms with Crippen LogP contribution in [0.25, 0.3) is 10.1 Å². The fourth-order valence-corrected chi connectivity index (χ4v) is 6.36. The van der Waals surface area contributed by atoms with E-state index in [0.29, 0.717) is 28.9 Å². The van der Waals surface area contributed by atoms with E-state index in [0.717, 1.165) is 45.1 Å². The molecule has 3 heterocycles. The standard InChI is InChI=1S/C26H30N4O3S/c31-26(18-8-9-22-23(14-18)33-17-32-22)27-15-19-4-3-5-20(19)16-29-10-12-30(13-11-29)25-21-6-1-2-7-24(21)34-28-25/h1-2,6-9,14,19-20H,3-5,10-13,15-17H2,(H,27,31)/t19-,20?/m1/s1. The first-order chi connectivity index (χ1) is 16.7. The lowest BCUT2D eigenvalue weighted by Gasteiger charge is -2.37. The number of carbonyl (C=O) groups excluding carboxylic acids is 1. The van der Waals surface area contributed by atoms with E-state index in [1.165, 1.54) is 29.3 Å². The molecular weight excluding hydrogens is 448 g/mol. The number of amides is 1. The Kier molecular flexibility index (Phi) is 6.01. The molecule has 1 saturated carbocycles. The van der Waals surface area contributed by atoms with Crippen LogP contribution in [0.4, 0.5) is 5.82 Å². The van der Waals surface area contributed by atoms with E-state index < -0.39 is 0 Å². The average molecular weight is 479 g/mol. The number of ether oxygens (including phenoxy) is 2. The van der Waals surface area contributed by atoms with E-state index in [1.807, 2.05) is 6.07 Å². The van der Waals surface area contributed by atoms with Gasteiger partial charge in [0.2, 0.25) is 6.79 Å². The minimum atomic E-state index is -0.0342. The van der Waals surface area contributed by atoms with Crippen molar-refractivity contribution in [2.75, 3.05) is 51.0 Å². The second-order valence-corrected chi connectivity index (χ2v) is 10.3. The number of fused-ring (bicyclic) bond motifs is 2. The molecule has 7 nitrogen and oxygen atoms in total. The van der Waals surface area contributed by atoms with Crippen LogP contribution in [-0.4, -0.2) is 61.2 Å². The Hall–Kier alpha value is -2.84. The van der Waals surface area contributed by atoms with Gasteiger partial charge < -0.3 is 19.7 Å². The predicted molar refractivity (Wildman–Crippen MR) is 134 cm³/mol. The summed E-state index contributed by atoms with van der Waals surface area (Å²) in [5.41, 5.74) is 0.629. The number of rotatable bonds is 6. The van der Waals surface area contributed by atoms with Crippen molar-refractivity contribution in [1.82, 2.24) is 14.6 Å². The van der Waals surface area contributed by atoms with E-state index in [1.54, 1.807) is 23.7 Å². The van der Waals surface area contributed by atoms with Gasteiger partial charge in [0.1, 0.15) is 5.82 Å². The lowest BCUT2D eigenvalue weighted by atomic mass is 9.95. The van der Waals surface area contributed by atoms with Gasteiger partial charge in [-0.1, -0.05) is 18.6 Å². The monoisotopic (exact) mass is 478 g/mol. The average Bonchev–Trinajstić information content (AvgIpc) is 3.62. The molecule has 3 aliphatic rings. The third-order valence-electron chi connectivity index (χ3n) is 7.50. The minimum absolute atomic E-state index is 0.0342. The fourth-order valence-electron chi connectivity index (χ4n) is 5.56. The zero-order chi connectivity index (χ0) is 22.9. The van der Waals surface area contributed by atoms with Crippen LogP contribution in [0, 0.1) is 11.8 Å². The summed E-state index contributed by atoms with van der Waals surface area (Å²) >= 11 is 1.59. The van der Waals surface area contributed by atoms with Gasteiger partial charge in [-0.05, 0) is 66.5 Å². The van der Waals surface area contributed by atoms with E-state index >= 15 is 0 Å². The zero-order valence-corrected chi connectivity index (χ0v) is 20.1. The maximum atomic E-state index is 12.7. The van der Waals surface area contributed by atoms with Crippen LogP contribution in [0.1, 0.15) is 29.6 Å². The Morgan fingerprint density at radius 3 is 2.76 bits per heavy atom. The predicted octanol–water partition coefficient (Wildman–Crippen LogP) is 3.99. The van der Waals surface area contributed by atoms with Crippen LogP contribution in [0.5, 0.6) is 11.5 Å². The smallest absolute Gasteiger partial charge is 0.251 e. The number of aromatic nitrogens is 1. The zero-order valence-electron chi connectivity index (χ0n) is 19.2. The summed E-state index contributed by atoms with van der Waals surface area (Å²) in [7, 11) is 0. The van der Waals surface area contributed by atoms with E-state index in [9.17, 15) is 4.79 Å². The molecule has 1 amide bonds. The SMILES string of the molecule is O=C(NC[C@H]1CCCC1CN1CCN(c2nsc3ccccc23)CC1)c1ccc2c(c1)OCO2. The van der Waals surface area contributed by atoms with E-state index in [2.05, 4.69) is 39.4 Å². The van der Waals surface area contributed by atoms with Gasteiger partial charge in [0.15, 0.2) is 11.5 Å². The van der Waals surface area contributed by atoms with Gasteiger partial charge in [0.05, 0.1) is 4.70 Å². The molecule has 34 heavy (non-hydrogen) atoms. The fraction of sp³-hybridized carbons (Fsp3) is 0.462. The summed E-state index contributed by atoms with van der Waals surface area (Å²) in [5, 5.41) is 4.45. The number of nitrogens with one attached hydrogen (secondary N) is 1. The van der Waals surface area contributed by atoms with E-state index in [-0.39, 0.29) is 12.7 Å². The van der Waals surface area contributed by atoms with Crippen molar-refractivity contribution in [3.05, 3.63) is 48.0 Å². The molecule has 0 radical (unpaired) electrons. The lowest BCUT2D eigenvalue weighted by Crippen LogP contribution is -2.48. The quantitative estimate of drug-likeness (QED) is 0.578. The van der Waals surface area contributed by atoms with Crippen molar-refractivity contribution in [2.24, 2.45) is 11.8 Å². The first-order valence-electron chi connectivity index (χ1n) is 12.2. The number of hydrogen-bond acceptors (Lipinski definition) is 7. The molecule has 178 valence electrons. The highest BCUT2D eigenvalue weighted by atomic mass is 32.1. The highest BCUT2D eigenvalue weighted by Crippen LogP contribution is 2.34. The molecule has 6 rings (SSSR count). The molecule has 2 atom stereocenters. The highest BCUT2D eigenvalue weighted by Gasteiger charge is 2.31. The third kappa shape index (κ3) is 4.32. The summed E-state index contributed by atoms with van der Waals surface area (Å²) < 4.78 is 16.7.